The zero-order chi connectivity index (χ0) is 11.9. The molecule has 0 aliphatic rings. The van der Waals surface area contributed by atoms with Crippen molar-refractivity contribution in [3.63, 3.8) is 0 Å². The summed E-state index contributed by atoms with van der Waals surface area (Å²) in [5.74, 6) is 0.441. The normalized spacial score (nSPS) is 10.9. The number of rotatable bonds is 2. The molecule has 0 atom stereocenters. The molecule has 4 heteroatoms. The summed E-state index contributed by atoms with van der Waals surface area (Å²) in [5.41, 5.74) is 2.31. The topological polar surface area (TPSA) is 50.4 Å². The van der Waals surface area contributed by atoms with Crippen molar-refractivity contribution < 1.29 is 14.3 Å². The van der Waals surface area contributed by atoms with E-state index in [4.69, 9.17) is 4.42 Å². The average molecular weight is 283 g/mol. The molecule has 1 aromatic carbocycles. The van der Waals surface area contributed by atoms with Crippen LogP contribution in [-0.4, -0.2) is 16.2 Å². The van der Waals surface area contributed by atoms with Crippen molar-refractivity contribution in [3.05, 3.63) is 29.0 Å². The first-order valence-corrected chi connectivity index (χ1v) is 5.98. The Balaban J connectivity index is 2.71. The number of aryl methyl sites for hydroxylation is 1. The van der Waals surface area contributed by atoms with Crippen LogP contribution in [0.15, 0.2) is 16.5 Å². The maximum atomic E-state index is 11.5. The van der Waals surface area contributed by atoms with E-state index in [0.29, 0.717) is 11.3 Å². The fraction of sp³-hybridized carbons (Fsp3) is 0.250. The minimum absolute atomic E-state index is 0.104. The number of benzene rings is 1. The van der Waals surface area contributed by atoms with E-state index in [2.05, 4.69) is 15.9 Å². The van der Waals surface area contributed by atoms with Gasteiger partial charge in [0.05, 0.1) is 5.33 Å². The molecule has 1 aromatic heterocycles. The van der Waals surface area contributed by atoms with Gasteiger partial charge in [0.15, 0.2) is 5.76 Å². The lowest BCUT2D eigenvalue weighted by molar-refractivity contribution is 0.0995. The summed E-state index contributed by atoms with van der Waals surface area (Å²) >= 11 is 3.10. The predicted molar refractivity (Wildman–Crippen MR) is 65.5 cm³/mol. The van der Waals surface area contributed by atoms with E-state index in [-0.39, 0.29) is 16.9 Å². The Kier molecular flexibility index (Phi) is 2.76. The maximum Gasteiger partial charge on any atom is 0.208 e. The summed E-state index contributed by atoms with van der Waals surface area (Å²) in [6.07, 6.45) is 0. The molecule has 3 nitrogen and oxygen atoms in total. The van der Waals surface area contributed by atoms with Gasteiger partial charge in [-0.2, -0.15) is 0 Å². The van der Waals surface area contributed by atoms with Gasteiger partial charge in [-0.15, -0.1) is 0 Å². The van der Waals surface area contributed by atoms with Crippen molar-refractivity contribution in [2.45, 2.75) is 13.8 Å². The minimum atomic E-state index is -0.104. The van der Waals surface area contributed by atoms with E-state index in [0.717, 1.165) is 16.5 Å². The van der Waals surface area contributed by atoms with Gasteiger partial charge in [0.1, 0.15) is 11.3 Å². The lowest BCUT2D eigenvalue weighted by Crippen LogP contribution is -1.96. The number of phenolic OH excluding ortho intramolecular Hbond substituents is 1. The van der Waals surface area contributed by atoms with Gasteiger partial charge in [-0.25, -0.2) is 0 Å². The standard InChI is InChI=1S/C12H11BrO3/c1-6-7(2)12-8(3-9(6)14)4-11(16-12)10(15)5-13/h3-4,14H,5H2,1-2H3. The number of carbonyl (C=O) groups is 1. The van der Waals surface area contributed by atoms with E-state index in [1.54, 1.807) is 12.1 Å². The summed E-state index contributed by atoms with van der Waals surface area (Å²) in [5, 5.41) is 10.7. The Labute approximate surface area is 101 Å². The number of fused-ring (bicyclic) bond motifs is 1. The first-order chi connectivity index (χ1) is 7.54. The number of hydrogen-bond donors (Lipinski definition) is 1. The van der Waals surface area contributed by atoms with Crippen LogP contribution in [0.3, 0.4) is 0 Å². The molecular weight excluding hydrogens is 272 g/mol. The molecule has 0 radical (unpaired) electrons. The van der Waals surface area contributed by atoms with Crippen molar-refractivity contribution >= 4 is 32.7 Å². The van der Waals surface area contributed by atoms with Crippen LogP contribution in [-0.2, 0) is 0 Å². The zero-order valence-electron chi connectivity index (χ0n) is 9.00. The smallest absolute Gasteiger partial charge is 0.208 e. The number of hydrogen-bond acceptors (Lipinski definition) is 3. The van der Waals surface area contributed by atoms with Gasteiger partial charge in [0.2, 0.25) is 5.78 Å². The molecule has 84 valence electrons. The molecule has 0 saturated heterocycles. The van der Waals surface area contributed by atoms with Crippen LogP contribution in [0.5, 0.6) is 5.75 Å². The van der Waals surface area contributed by atoms with Crippen molar-refractivity contribution in [1.82, 2.24) is 0 Å². The number of ketones is 1. The maximum absolute atomic E-state index is 11.5. The van der Waals surface area contributed by atoms with E-state index >= 15 is 0 Å². The van der Waals surface area contributed by atoms with E-state index < -0.39 is 0 Å². The van der Waals surface area contributed by atoms with Gasteiger partial charge in [-0.1, -0.05) is 15.9 Å². The molecule has 0 bridgehead atoms. The molecule has 0 aliphatic carbocycles. The van der Waals surface area contributed by atoms with Crippen LogP contribution < -0.4 is 0 Å². The number of carbonyl (C=O) groups excluding carboxylic acids is 1. The number of Topliss-reactive ketones (excluding diaryl/α,β-unsaturated/α-hetero) is 1. The second kappa shape index (κ2) is 3.94. The molecule has 0 saturated carbocycles. The Morgan fingerprint density at radius 1 is 1.38 bits per heavy atom. The summed E-state index contributed by atoms with van der Waals surface area (Å²) in [6, 6.07) is 3.28. The number of alkyl halides is 1. The summed E-state index contributed by atoms with van der Waals surface area (Å²) < 4.78 is 5.50. The summed E-state index contributed by atoms with van der Waals surface area (Å²) in [6.45, 7) is 3.68. The molecule has 2 aromatic rings. The van der Waals surface area contributed by atoms with Crippen LogP contribution in [0.25, 0.3) is 11.0 Å². The SMILES string of the molecule is Cc1c(O)cc2cc(C(=O)CBr)oc2c1C. The highest BCUT2D eigenvalue weighted by Gasteiger charge is 2.14. The highest BCUT2D eigenvalue weighted by molar-refractivity contribution is 9.09. The minimum Gasteiger partial charge on any atom is -0.508 e. The van der Waals surface area contributed by atoms with Crippen LogP contribution in [0.2, 0.25) is 0 Å². The van der Waals surface area contributed by atoms with Gasteiger partial charge < -0.3 is 9.52 Å². The third-order valence-corrected chi connectivity index (χ3v) is 3.25. The lowest BCUT2D eigenvalue weighted by atomic mass is 10.1. The second-order valence-corrected chi connectivity index (χ2v) is 4.29. The molecule has 0 amide bonds. The van der Waals surface area contributed by atoms with Crippen molar-refractivity contribution in [1.29, 1.82) is 0 Å². The van der Waals surface area contributed by atoms with E-state index in [1.165, 1.54) is 0 Å². The zero-order valence-corrected chi connectivity index (χ0v) is 10.6. The first kappa shape index (κ1) is 11.2. The monoisotopic (exact) mass is 282 g/mol. The van der Waals surface area contributed by atoms with Gasteiger partial charge in [-0.3, -0.25) is 4.79 Å². The second-order valence-electron chi connectivity index (χ2n) is 3.73. The van der Waals surface area contributed by atoms with Crippen molar-refractivity contribution in [3.8, 4) is 5.75 Å². The van der Waals surface area contributed by atoms with Crippen LogP contribution in [0.1, 0.15) is 21.7 Å². The lowest BCUT2D eigenvalue weighted by Gasteiger charge is -2.02. The third kappa shape index (κ3) is 1.63. The van der Waals surface area contributed by atoms with Gasteiger partial charge in [-0.05, 0) is 37.1 Å². The Morgan fingerprint density at radius 2 is 2.06 bits per heavy atom. The van der Waals surface area contributed by atoms with E-state index in [9.17, 15) is 9.90 Å². The fourth-order valence-corrected chi connectivity index (χ4v) is 1.90. The number of furan rings is 1. The molecule has 2 rings (SSSR count). The van der Waals surface area contributed by atoms with Crippen LogP contribution >= 0.6 is 15.9 Å². The van der Waals surface area contributed by atoms with Crippen molar-refractivity contribution in [2.24, 2.45) is 0 Å². The molecule has 0 fully saturated rings. The molecule has 0 unspecified atom stereocenters. The largest absolute Gasteiger partial charge is 0.508 e. The van der Waals surface area contributed by atoms with E-state index in [1.807, 2.05) is 13.8 Å². The first-order valence-electron chi connectivity index (χ1n) is 4.86. The Morgan fingerprint density at radius 3 is 2.69 bits per heavy atom. The molecular formula is C12H11BrO3. The Hall–Kier alpha value is -1.29. The van der Waals surface area contributed by atoms with Gasteiger partial charge >= 0.3 is 0 Å². The summed E-state index contributed by atoms with van der Waals surface area (Å²) in [4.78, 5) is 11.5. The molecule has 0 spiro atoms. The Bertz CT molecular complexity index is 569. The highest BCUT2D eigenvalue weighted by atomic mass is 79.9. The van der Waals surface area contributed by atoms with Crippen molar-refractivity contribution in [2.75, 3.05) is 5.33 Å². The molecule has 0 aliphatic heterocycles. The molecule has 16 heavy (non-hydrogen) atoms. The van der Waals surface area contributed by atoms with Crippen LogP contribution in [0.4, 0.5) is 0 Å². The van der Waals surface area contributed by atoms with Crippen LogP contribution in [0, 0.1) is 13.8 Å². The average Bonchev–Trinajstić information content (AvgIpc) is 2.69. The quantitative estimate of drug-likeness (QED) is 0.679. The third-order valence-electron chi connectivity index (χ3n) is 2.74. The summed E-state index contributed by atoms with van der Waals surface area (Å²) in [7, 11) is 0. The predicted octanol–water partition coefficient (Wildman–Crippen LogP) is 3.33. The number of aromatic hydroxyl groups is 1. The van der Waals surface area contributed by atoms with Gasteiger partial charge in [0, 0.05) is 5.39 Å². The number of phenols is 1. The fourth-order valence-electron chi connectivity index (χ4n) is 1.63. The molecule has 1 N–H and O–H groups in total. The highest BCUT2D eigenvalue weighted by Crippen LogP contribution is 2.31. The number of halogens is 1. The molecule has 1 heterocycles. The van der Waals surface area contributed by atoms with Gasteiger partial charge in [0.25, 0.3) is 0 Å².